The first-order valence-corrected chi connectivity index (χ1v) is 30.3. The van der Waals surface area contributed by atoms with Gasteiger partial charge in [-0.05, 0) is 152 Å². The van der Waals surface area contributed by atoms with Gasteiger partial charge in [-0.3, -0.25) is 19.4 Å². The van der Waals surface area contributed by atoms with Crippen molar-refractivity contribution in [2.45, 2.75) is 112 Å². The van der Waals surface area contributed by atoms with Gasteiger partial charge >= 0.3 is 0 Å². The molecule has 0 spiro atoms. The van der Waals surface area contributed by atoms with Crippen molar-refractivity contribution in [2.24, 2.45) is 17.5 Å². The maximum atomic E-state index is 13.6. The van der Waals surface area contributed by atoms with Gasteiger partial charge < -0.3 is 24.8 Å². The quantitative estimate of drug-likeness (QED) is 0.0817. The highest BCUT2D eigenvalue weighted by atomic mass is 35.5. The van der Waals surface area contributed by atoms with Crippen LogP contribution in [0.3, 0.4) is 0 Å². The number of ether oxygens (including phenoxy) is 1. The molecule has 6 aromatic carbocycles. The van der Waals surface area contributed by atoms with E-state index >= 15 is 0 Å². The third-order valence-electron chi connectivity index (χ3n) is 15.4. The van der Waals surface area contributed by atoms with E-state index < -0.39 is 17.4 Å². The van der Waals surface area contributed by atoms with Crippen LogP contribution in [0.4, 0.5) is 17.1 Å². The lowest BCUT2D eigenvalue weighted by Gasteiger charge is -2.26. The summed E-state index contributed by atoms with van der Waals surface area (Å²) < 4.78 is 10.5. The number of amides is 2. The molecule has 0 bridgehead atoms. The summed E-state index contributed by atoms with van der Waals surface area (Å²) in [5.41, 5.74) is 13.6. The number of aryl methyl sites for hydroxylation is 3. The third kappa shape index (κ3) is 13.6. The maximum absolute atomic E-state index is 13.6. The molecule has 1 aliphatic heterocycles. The number of fused-ring (bicyclic) bond motifs is 4. The highest BCUT2D eigenvalue weighted by molar-refractivity contribution is 7.16. The van der Waals surface area contributed by atoms with Crippen LogP contribution in [0.5, 0.6) is 5.75 Å². The van der Waals surface area contributed by atoms with Crippen LogP contribution in [-0.2, 0) is 32.3 Å². The maximum Gasteiger partial charge on any atom is 0.257 e. The molecule has 8 aromatic rings. The van der Waals surface area contributed by atoms with Crippen LogP contribution in [0.25, 0.3) is 26.8 Å². The molecule has 12 nitrogen and oxygen atoms in total. The van der Waals surface area contributed by atoms with Crippen LogP contribution in [0.2, 0.25) is 15.1 Å². The van der Waals surface area contributed by atoms with Crippen LogP contribution in [0.15, 0.2) is 156 Å². The molecule has 0 saturated heterocycles. The predicted molar refractivity (Wildman–Crippen MR) is 349 cm³/mol. The second-order valence-corrected chi connectivity index (χ2v) is 25.4. The summed E-state index contributed by atoms with van der Waals surface area (Å²) >= 11 is 20.8. The fourth-order valence-electron chi connectivity index (χ4n) is 11.0. The van der Waals surface area contributed by atoms with E-state index in [0.717, 1.165) is 44.7 Å². The normalized spacial score (nSPS) is 15.2. The number of aromatic nitrogens is 4. The first-order valence-electron chi connectivity index (χ1n) is 28.3. The Balaban J connectivity index is 0.000000187. The van der Waals surface area contributed by atoms with Gasteiger partial charge in [0.2, 0.25) is 5.91 Å². The van der Waals surface area contributed by atoms with Gasteiger partial charge in [0.05, 0.1) is 33.1 Å². The highest BCUT2D eigenvalue weighted by Gasteiger charge is 2.41. The lowest BCUT2D eigenvalue weighted by Crippen LogP contribution is -2.39. The second-order valence-electron chi connectivity index (χ2n) is 23.1. The number of allylic oxidation sites excluding steroid dienone is 6. The molecule has 2 amide bonds. The number of nitrogens with one attached hydrogen (secondary N) is 2. The lowest BCUT2D eigenvalue weighted by atomic mass is 9.80. The second kappa shape index (κ2) is 26.3. The molecule has 1 unspecified atom stereocenters. The van der Waals surface area contributed by atoms with Crippen LogP contribution >= 0.6 is 46.1 Å². The number of benzene rings is 6. The summed E-state index contributed by atoms with van der Waals surface area (Å²) in [5, 5.41) is 15.7. The minimum Gasteiger partial charge on any atom is -0.493 e. The topological polar surface area (TPSA) is 136 Å². The van der Waals surface area contributed by atoms with Crippen molar-refractivity contribution in [2.75, 3.05) is 35.7 Å². The van der Waals surface area contributed by atoms with Gasteiger partial charge in [0.1, 0.15) is 11.3 Å². The Morgan fingerprint density at radius 2 is 1.50 bits per heavy atom. The number of hydrogen-bond donors (Lipinski definition) is 2. The van der Waals surface area contributed by atoms with Gasteiger partial charge in [0.15, 0.2) is 16.6 Å². The minimum atomic E-state index is -1.28. The van der Waals surface area contributed by atoms with Crippen molar-refractivity contribution in [3.63, 3.8) is 0 Å². The summed E-state index contributed by atoms with van der Waals surface area (Å²) in [7, 11) is 3.87. The summed E-state index contributed by atoms with van der Waals surface area (Å²) in [6.45, 7) is 24.2. The SMILES string of the molecule is CCC1=C(/C=C/C=C2\N(CC)c3ccc(Cl)cc3C2(C)C)C(C)(C)c2cc(Cl)ccc21.CN=c1sc2ccccc2n1C.Cc1ccc(OCCCC(=O)Nc2ccc(Cl)c(NC(=O)C(C(=O)C(C)(C)C)n3nnc4ccccc43)c2)c(C)c1. The van der Waals surface area contributed by atoms with E-state index in [1.807, 2.05) is 58.3 Å². The predicted octanol–water partition coefficient (Wildman–Crippen LogP) is 16.8. The monoisotopic (exact) mass is 1200 g/mol. The van der Waals surface area contributed by atoms with E-state index in [0.29, 0.717) is 29.7 Å². The Bertz CT molecular complexity index is 3950. The number of ketones is 1. The van der Waals surface area contributed by atoms with Gasteiger partial charge in [0, 0.05) is 70.4 Å². The number of carbonyl (C=O) groups is 3. The first-order chi connectivity index (χ1) is 39.9. The Morgan fingerprint density at radius 3 is 2.18 bits per heavy atom. The number of likely N-dealkylation sites (N-methyl/N-ethyl adjacent to an activating group) is 1. The van der Waals surface area contributed by atoms with Crippen molar-refractivity contribution in [1.82, 2.24) is 19.6 Å². The average Bonchev–Trinajstić information content (AvgIpc) is 4.20. The molecule has 3 heterocycles. The molecule has 10 rings (SSSR count). The van der Waals surface area contributed by atoms with Crippen LogP contribution in [0, 0.1) is 19.3 Å². The third-order valence-corrected chi connectivity index (χ3v) is 17.4. The standard InChI is InChI=1S/C31H34ClN5O4.C28H31Cl2N.C9H10N2S/c1-19-12-15-26(20(2)17-19)41-16-8-11-27(38)33-21-13-14-22(32)24(18-21)34-30(40)28(29(39)31(3,4)5)37-25-10-7-6-9-23(25)35-36-37;1-7-20-21-14-12-18(29)16-23(21)27(3,4)22(20)10-9-11-26-28(5,6)24-17-19(30)13-15-25(24)31(26)8-2;1-10-9-11(2)7-5-3-4-6-8(7)12-9/h6-7,9-10,12-15,17-18,28H,8,11,16H2,1-5H3,(H,33,38)(H,34,40);9-17H,7-8H2,1-6H3;3-6H,1-2H3/b;10-9+,26-11-;. The molecule has 0 fully saturated rings. The fourth-order valence-corrected chi connectivity index (χ4v) is 12.5. The zero-order valence-electron chi connectivity index (χ0n) is 50.3. The van der Waals surface area contributed by atoms with Crippen molar-refractivity contribution >= 4 is 108 Å². The van der Waals surface area contributed by atoms with Crippen LogP contribution < -0.4 is 25.1 Å². The minimum absolute atomic E-state index is 0.0628. The first kappa shape index (κ1) is 62.7. The van der Waals surface area contributed by atoms with E-state index in [1.54, 1.807) is 74.6 Å². The number of carbonyl (C=O) groups excluding carboxylic acids is 3. The number of Topliss-reactive ketones (excluding diaryl/α,β-unsaturated/α-hetero) is 1. The molecular formula is C68H75Cl3N8O4S. The fraction of sp³-hybridized carbons (Fsp3) is 0.324. The number of thiazole rings is 1. The van der Waals surface area contributed by atoms with Crippen molar-refractivity contribution in [3.05, 3.63) is 199 Å². The Morgan fingerprint density at radius 1 is 0.810 bits per heavy atom. The lowest BCUT2D eigenvalue weighted by molar-refractivity contribution is -0.135. The molecule has 0 saturated carbocycles. The summed E-state index contributed by atoms with van der Waals surface area (Å²) in [6, 6.07) is 37.4. The highest BCUT2D eigenvalue weighted by Crippen LogP contribution is 2.50. The number of para-hydroxylation sites is 2. The van der Waals surface area contributed by atoms with Gasteiger partial charge in [0.25, 0.3) is 5.91 Å². The summed E-state index contributed by atoms with van der Waals surface area (Å²) in [4.78, 5) is 47.3. The number of nitrogens with zero attached hydrogens (tertiary/aromatic N) is 6. The molecule has 84 heavy (non-hydrogen) atoms. The largest absolute Gasteiger partial charge is 0.493 e. The Kier molecular flexibility index (Phi) is 19.7. The van der Waals surface area contributed by atoms with E-state index in [-0.39, 0.29) is 39.7 Å². The van der Waals surface area contributed by atoms with Gasteiger partial charge in [-0.25, -0.2) is 4.68 Å². The molecule has 16 heteroatoms. The smallest absolute Gasteiger partial charge is 0.257 e. The van der Waals surface area contributed by atoms with E-state index in [1.165, 1.54) is 54.1 Å². The van der Waals surface area contributed by atoms with Crippen molar-refractivity contribution < 1.29 is 19.1 Å². The Labute approximate surface area is 512 Å². The Hall–Kier alpha value is -7.29. The summed E-state index contributed by atoms with van der Waals surface area (Å²) in [5.74, 6) is -0.358. The molecule has 1 atom stereocenters. The van der Waals surface area contributed by atoms with Crippen molar-refractivity contribution in [1.29, 1.82) is 0 Å². The molecule has 1 aliphatic carbocycles. The van der Waals surface area contributed by atoms with E-state index in [4.69, 9.17) is 39.5 Å². The van der Waals surface area contributed by atoms with Gasteiger partial charge in [-0.15, -0.1) is 5.10 Å². The van der Waals surface area contributed by atoms with Crippen LogP contribution in [-0.4, -0.2) is 57.4 Å². The average molecular weight is 1210 g/mol. The van der Waals surface area contributed by atoms with Crippen molar-refractivity contribution in [3.8, 4) is 5.75 Å². The van der Waals surface area contributed by atoms with Crippen LogP contribution in [0.1, 0.15) is 115 Å². The van der Waals surface area contributed by atoms with E-state index in [9.17, 15) is 14.4 Å². The number of anilines is 3. The van der Waals surface area contributed by atoms with Gasteiger partial charge in [-0.2, -0.15) is 0 Å². The molecule has 0 radical (unpaired) electrons. The molecule has 2 N–H and O–H groups in total. The molecule has 2 aliphatic rings. The summed E-state index contributed by atoms with van der Waals surface area (Å²) in [6.07, 6.45) is 8.59. The van der Waals surface area contributed by atoms with E-state index in [2.05, 4.69) is 144 Å². The zero-order chi connectivity index (χ0) is 60.8. The molecule has 2 aromatic heterocycles. The zero-order valence-corrected chi connectivity index (χ0v) is 53.3. The number of hydrogen-bond acceptors (Lipinski definition) is 9. The number of halogens is 3. The molecular weight excluding hydrogens is 1130 g/mol. The van der Waals surface area contributed by atoms with Gasteiger partial charge in [-0.1, -0.05) is 167 Å². The molecule has 438 valence electrons. The number of rotatable bonds is 14.